The number of anilines is 3. The Balaban J connectivity index is 1.68. The lowest BCUT2D eigenvalue weighted by atomic mass is 10.3. The maximum absolute atomic E-state index is 12.2. The summed E-state index contributed by atoms with van der Waals surface area (Å²) in [5.74, 6) is 2.35. The van der Waals surface area contributed by atoms with E-state index >= 15 is 0 Å². The molecule has 144 valence electrons. The first-order chi connectivity index (χ1) is 13.1. The molecule has 1 saturated heterocycles. The van der Waals surface area contributed by atoms with E-state index in [0.29, 0.717) is 29.2 Å². The third-order valence-corrected chi connectivity index (χ3v) is 4.21. The Morgan fingerprint density at radius 1 is 1.19 bits per heavy atom. The van der Waals surface area contributed by atoms with Gasteiger partial charge in [0.1, 0.15) is 5.75 Å². The molecule has 2 aromatic rings. The molecule has 0 radical (unpaired) electrons. The summed E-state index contributed by atoms with van der Waals surface area (Å²) in [6.45, 7) is 2.08. The molecule has 1 aromatic heterocycles. The van der Waals surface area contributed by atoms with Crippen LogP contribution in [0.25, 0.3) is 0 Å². The predicted octanol–water partition coefficient (Wildman–Crippen LogP) is 1.87. The largest absolute Gasteiger partial charge is 0.495 e. The van der Waals surface area contributed by atoms with Crippen molar-refractivity contribution in [3.8, 4) is 5.75 Å². The Labute approximate surface area is 158 Å². The second-order valence-corrected chi connectivity index (χ2v) is 6.45. The lowest BCUT2D eigenvalue weighted by Gasteiger charge is -2.19. The Kier molecular flexibility index (Phi) is 5.90. The molecule has 1 fully saturated rings. The van der Waals surface area contributed by atoms with E-state index in [2.05, 4.69) is 30.5 Å². The number of benzene rings is 1. The third-order valence-electron chi connectivity index (χ3n) is 4.21. The van der Waals surface area contributed by atoms with Crippen molar-refractivity contribution in [2.45, 2.75) is 19.4 Å². The van der Waals surface area contributed by atoms with E-state index in [1.54, 1.807) is 19.2 Å². The number of aromatic nitrogens is 3. The van der Waals surface area contributed by atoms with Gasteiger partial charge in [0.15, 0.2) is 5.82 Å². The van der Waals surface area contributed by atoms with Crippen LogP contribution in [-0.2, 0) is 6.54 Å². The van der Waals surface area contributed by atoms with Gasteiger partial charge in [-0.2, -0.15) is 15.0 Å². The number of ether oxygens (including phenoxy) is 1. The van der Waals surface area contributed by atoms with Gasteiger partial charge in [0.2, 0.25) is 11.9 Å². The fourth-order valence-electron chi connectivity index (χ4n) is 2.81. The average molecular weight is 371 g/mol. The highest BCUT2D eigenvalue weighted by atomic mass is 16.5. The van der Waals surface area contributed by atoms with Gasteiger partial charge in [-0.3, -0.25) is 0 Å². The molecule has 0 atom stereocenters. The number of urea groups is 1. The van der Waals surface area contributed by atoms with E-state index in [1.807, 2.05) is 31.1 Å². The van der Waals surface area contributed by atoms with Gasteiger partial charge in [-0.05, 0) is 25.0 Å². The number of hydrogen-bond acceptors (Lipinski definition) is 7. The number of carbonyl (C=O) groups is 1. The number of carbonyl (C=O) groups excluding carboxylic acids is 1. The van der Waals surface area contributed by atoms with Crippen LogP contribution in [0.3, 0.4) is 0 Å². The zero-order valence-corrected chi connectivity index (χ0v) is 15.9. The van der Waals surface area contributed by atoms with Gasteiger partial charge < -0.3 is 25.2 Å². The number of nitrogens with one attached hydrogen (secondary N) is 2. The van der Waals surface area contributed by atoms with Crippen molar-refractivity contribution in [2.75, 3.05) is 49.4 Å². The van der Waals surface area contributed by atoms with Gasteiger partial charge in [-0.25, -0.2) is 4.79 Å². The maximum Gasteiger partial charge on any atom is 0.319 e. The Bertz CT molecular complexity index is 791. The molecule has 9 nitrogen and oxygen atoms in total. The highest BCUT2D eigenvalue weighted by Gasteiger charge is 2.18. The quantitative estimate of drug-likeness (QED) is 0.800. The van der Waals surface area contributed by atoms with Crippen molar-refractivity contribution in [1.82, 2.24) is 20.3 Å². The van der Waals surface area contributed by atoms with Crippen LogP contribution >= 0.6 is 0 Å². The van der Waals surface area contributed by atoms with Crippen molar-refractivity contribution in [1.29, 1.82) is 0 Å². The van der Waals surface area contributed by atoms with E-state index in [1.165, 1.54) is 0 Å². The molecule has 2 N–H and O–H groups in total. The molecular formula is C18H25N7O2. The summed E-state index contributed by atoms with van der Waals surface area (Å²) >= 11 is 0. The molecule has 27 heavy (non-hydrogen) atoms. The van der Waals surface area contributed by atoms with Gasteiger partial charge in [-0.1, -0.05) is 12.1 Å². The Morgan fingerprint density at radius 2 is 1.93 bits per heavy atom. The highest BCUT2D eigenvalue weighted by molar-refractivity contribution is 5.90. The molecular weight excluding hydrogens is 346 g/mol. The molecule has 1 aliphatic rings. The van der Waals surface area contributed by atoms with Gasteiger partial charge in [0.05, 0.1) is 19.3 Å². The van der Waals surface area contributed by atoms with Gasteiger partial charge in [0, 0.05) is 27.2 Å². The second kappa shape index (κ2) is 8.52. The van der Waals surface area contributed by atoms with E-state index in [4.69, 9.17) is 4.74 Å². The number of nitrogens with zero attached hydrogens (tertiary/aromatic N) is 5. The topological polar surface area (TPSA) is 95.5 Å². The summed E-state index contributed by atoms with van der Waals surface area (Å²) in [7, 11) is 5.33. The van der Waals surface area contributed by atoms with E-state index < -0.39 is 0 Å². The van der Waals surface area contributed by atoms with Crippen molar-refractivity contribution in [3.63, 3.8) is 0 Å². The van der Waals surface area contributed by atoms with Crippen molar-refractivity contribution in [2.24, 2.45) is 0 Å². The highest BCUT2D eigenvalue weighted by Crippen LogP contribution is 2.23. The van der Waals surface area contributed by atoms with Crippen molar-refractivity contribution in [3.05, 3.63) is 30.1 Å². The maximum atomic E-state index is 12.2. The summed E-state index contributed by atoms with van der Waals surface area (Å²) in [5.41, 5.74) is 0.597. The molecule has 2 heterocycles. The molecule has 0 bridgehead atoms. The number of amides is 2. The second-order valence-electron chi connectivity index (χ2n) is 6.45. The van der Waals surface area contributed by atoms with Crippen LogP contribution < -0.4 is 25.2 Å². The van der Waals surface area contributed by atoms with Gasteiger partial charge in [0.25, 0.3) is 0 Å². The first-order valence-electron chi connectivity index (χ1n) is 8.92. The molecule has 0 spiro atoms. The van der Waals surface area contributed by atoms with Crippen LogP contribution in [0.1, 0.15) is 18.7 Å². The van der Waals surface area contributed by atoms with Crippen molar-refractivity contribution >= 4 is 23.6 Å². The SMILES string of the molecule is COc1ccccc1NC(=O)NCc1nc(N(C)C)nc(N2CCCC2)n1. The van der Waals surface area contributed by atoms with Gasteiger partial charge >= 0.3 is 6.03 Å². The predicted molar refractivity (Wildman–Crippen MR) is 104 cm³/mol. The Hall–Kier alpha value is -3.10. The molecule has 3 rings (SSSR count). The molecule has 9 heteroatoms. The molecule has 1 aromatic carbocycles. The fraction of sp³-hybridized carbons (Fsp3) is 0.444. The number of rotatable bonds is 6. The summed E-state index contributed by atoms with van der Waals surface area (Å²) in [6, 6.07) is 6.88. The van der Waals surface area contributed by atoms with Crippen LogP contribution in [-0.4, -0.2) is 55.3 Å². The van der Waals surface area contributed by atoms with E-state index in [-0.39, 0.29) is 12.6 Å². The minimum absolute atomic E-state index is 0.200. The zero-order valence-electron chi connectivity index (χ0n) is 15.9. The normalized spacial score (nSPS) is 13.4. The van der Waals surface area contributed by atoms with Gasteiger partial charge in [-0.15, -0.1) is 0 Å². The summed E-state index contributed by atoms with van der Waals surface area (Å²) in [4.78, 5) is 29.7. The summed E-state index contributed by atoms with van der Waals surface area (Å²) in [5, 5.41) is 5.56. The third kappa shape index (κ3) is 4.75. The molecule has 0 saturated carbocycles. The van der Waals surface area contributed by atoms with Crippen LogP contribution in [0.4, 0.5) is 22.4 Å². The summed E-state index contributed by atoms with van der Waals surface area (Å²) < 4.78 is 5.24. The van der Waals surface area contributed by atoms with Crippen LogP contribution in [0.5, 0.6) is 5.75 Å². The minimum Gasteiger partial charge on any atom is -0.495 e. The molecule has 0 aliphatic carbocycles. The zero-order chi connectivity index (χ0) is 19.2. The lowest BCUT2D eigenvalue weighted by molar-refractivity contribution is 0.251. The number of hydrogen-bond donors (Lipinski definition) is 2. The standard InChI is InChI=1S/C18H25N7O2/c1-24(2)16-21-15(22-17(23-16)25-10-6-7-11-25)12-19-18(26)20-13-8-4-5-9-14(13)27-3/h4-5,8-9H,6-7,10-12H2,1-3H3,(H2,19,20,26). The minimum atomic E-state index is -0.353. The van der Waals surface area contributed by atoms with Crippen LogP contribution in [0.2, 0.25) is 0 Å². The van der Waals surface area contributed by atoms with Crippen LogP contribution in [0, 0.1) is 0 Å². The average Bonchev–Trinajstić information content (AvgIpc) is 3.21. The monoisotopic (exact) mass is 371 g/mol. The molecule has 2 amide bonds. The first kappa shape index (κ1) is 18.7. The fourth-order valence-corrected chi connectivity index (χ4v) is 2.81. The smallest absolute Gasteiger partial charge is 0.319 e. The first-order valence-corrected chi connectivity index (χ1v) is 8.92. The lowest BCUT2D eigenvalue weighted by Crippen LogP contribution is -2.30. The molecule has 0 unspecified atom stereocenters. The number of para-hydroxylation sites is 2. The summed E-state index contributed by atoms with van der Waals surface area (Å²) in [6.07, 6.45) is 2.27. The van der Waals surface area contributed by atoms with Crippen LogP contribution in [0.15, 0.2) is 24.3 Å². The van der Waals surface area contributed by atoms with Crippen molar-refractivity contribution < 1.29 is 9.53 Å². The van der Waals surface area contributed by atoms with E-state index in [0.717, 1.165) is 25.9 Å². The Morgan fingerprint density at radius 3 is 2.63 bits per heavy atom. The molecule has 1 aliphatic heterocycles. The number of methoxy groups -OCH3 is 1. The van der Waals surface area contributed by atoms with E-state index in [9.17, 15) is 4.79 Å².